The van der Waals surface area contributed by atoms with E-state index in [1.165, 1.54) is 5.56 Å². The molecule has 150 valence electrons. The van der Waals surface area contributed by atoms with Crippen LogP contribution in [-0.4, -0.2) is 49.8 Å². The van der Waals surface area contributed by atoms with Gasteiger partial charge in [-0.3, -0.25) is 9.69 Å². The van der Waals surface area contributed by atoms with Gasteiger partial charge in [-0.25, -0.2) is 0 Å². The molecule has 2 aromatic carbocycles. The van der Waals surface area contributed by atoms with Gasteiger partial charge >= 0.3 is 0 Å². The summed E-state index contributed by atoms with van der Waals surface area (Å²) >= 11 is 0. The standard InChI is InChI=1S/C23H30N2O3/c1-18(2)17-28-21-10-6-9-20(13-21)23(26)24-14-22-16-25(11-12-27-22)15-19-7-4-3-5-8-19/h3-10,13,18,22H,11-12,14-17H2,1-2H3,(H,24,26). The number of amides is 1. The number of hydrogen-bond acceptors (Lipinski definition) is 4. The molecule has 0 saturated carbocycles. The topological polar surface area (TPSA) is 50.8 Å². The molecule has 3 rings (SSSR count). The van der Waals surface area contributed by atoms with Crippen molar-refractivity contribution in [3.8, 4) is 5.75 Å². The maximum absolute atomic E-state index is 12.5. The molecule has 0 aromatic heterocycles. The van der Waals surface area contributed by atoms with E-state index in [0.717, 1.165) is 25.4 Å². The molecule has 28 heavy (non-hydrogen) atoms. The van der Waals surface area contributed by atoms with Crippen LogP contribution in [0.5, 0.6) is 5.75 Å². The average molecular weight is 383 g/mol. The fourth-order valence-electron chi connectivity index (χ4n) is 3.19. The lowest BCUT2D eigenvalue weighted by atomic mass is 10.1. The molecule has 2 aromatic rings. The SMILES string of the molecule is CC(C)COc1cccc(C(=O)NCC2CN(Cc3ccccc3)CCO2)c1. The first kappa shape index (κ1) is 20.4. The molecule has 1 saturated heterocycles. The monoisotopic (exact) mass is 382 g/mol. The Labute approximate surface area is 167 Å². The third-order valence-electron chi connectivity index (χ3n) is 4.64. The minimum absolute atomic E-state index is 0.00165. The molecule has 0 radical (unpaired) electrons. The van der Waals surface area contributed by atoms with Crippen LogP contribution in [0.15, 0.2) is 54.6 Å². The van der Waals surface area contributed by atoms with Crippen LogP contribution >= 0.6 is 0 Å². The highest BCUT2D eigenvalue weighted by Crippen LogP contribution is 2.15. The molecule has 1 unspecified atom stereocenters. The van der Waals surface area contributed by atoms with E-state index in [1.807, 2.05) is 18.2 Å². The van der Waals surface area contributed by atoms with E-state index in [4.69, 9.17) is 9.47 Å². The molecular weight excluding hydrogens is 352 g/mol. The van der Waals surface area contributed by atoms with Crippen molar-refractivity contribution in [1.82, 2.24) is 10.2 Å². The van der Waals surface area contributed by atoms with Crippen LogP contribution in [-0.2, 0) is 11.3 Å². The first-order valence-electron chi connectivity index (χ1n) is 9.99. The van der Waals surface area contributed by atoms with Gasteiger partial charge in [0.25, 0.3) is 5.91 Å². The predicted molar refractivity (Wildman–Crippen MR) is 111 cm³/mol. The molecule has 0 spiro atoms. The first-order chi connectivity index (χ1) is 13.6. The van der Waals surface area contributed by atoms with Gasteiger partial charge in [-0.2, -0.15) is 0 Å². The van der Waals surface area contributed by atoms with Crippen LogP contribution < -0.4 is 10.1 Å². The fourth-order valence-corrected chi connectivity index (χ4v) is 3.19. The summed E-state index contributed by atoms with van der Waals surface area (Å²) < 4.78 is 11.6. The van der Waals surface area contributed by atoms with Crippen molar-refractivity contribution in [3.63, 3.8) is 0 Å². The lowest BCUT2D eigenvalue weighted by Crippen LogP contribution is -2.47. The molecule has 1 N–H and O–H groups in total. The van der Waals surface area contributed by atoms with E-state index in [0.29, 0.717) is 31.2 Å². The zero-order valence-electron chi connectivity index (χ0n) is 16.8. The number of carbonyl (C=O) groups is 1. The van der Waals surface area contributed by atoms with Crippen molar-refractivity contribution in [2.75, 3.05) is 32.8 Å². The average Bonchev–Trinajstić information content (AvgIpc) is 2.72. The van der Waals surface area contributed by atoms with Crippen molar-refractivity contribution < 1.29 is 14.3 Å². The van der Waals surface area contributed by atoms with Gasteiger partial charge in [0, 0.05) is 31.7 Å². The number of carbonyl (C=O) groups excluding carboxylic acids is 1. The van der Waals surface area contributed by atoms with Crippen LogP contribution in [0.2, 0.25) is 0 Å². The second-order valence-electron chi connectivity index (χ2n) is 7.66. The van der Waals surface area contributed by atoms with Crippen LogP contribution in [0.4, 0.5) is 0 Å². The highest BCUT2D eigenvalue weighted by Gasteiger charge is 2.21. The molecule has 0 aliphatic carbocycles. The Kier molecular flexibility index (Phi) is 7.46. The van der Waals surface area contributed by atoms with E-state index in [9.17, 15) is 4.79 Å². The van der Waals surface area contributed by atoms with Gasteiger partial charge in [-0.05, 0) is 29.7 Å². The molecule has 1 fully saturated rings. The van der Waals surface area contributed by atoms with Crippen LogP contribution in [0, 0.1) is 5.92 Å². The van der Waals surface area contributed by atoms with Gasteiger partial charge in [0.1, 0.15) is 5.75 Å². The molecule has 1 aliphatic heterocycles. The predicted octanol–water partition coefficient (Wildman–Crippen LogP) is 3.35. The summed E-state index contributed by atoms with van der Waals surface area (Å²) in [6.07, 6.45) is 0.00165. The van der Waals surface area contributed by atoms with E-state index in [1.54, 1.807) is 12.1 Å². The summed E-state index contributed by atoms with van der Waals surface area (Å²) in [4.78, 5) is 14.9. The molecule has 1 heterocycles. The summed E-state index contributed by atoms with van der Waals surface area (Å²) in [7, 11) is 0. The van der Waals surface area contributed by atoms with Crippen molar-refractivity contribution >= 4 is 5.91 Å². The maximum atomic E-state index is 12.5. The smallest absolute Gasteiger partial charge is 0.251 e. The number of hydrogen-bond donors (Lipinski definition) is 1. The Morgan fingerprint density at radius 2 is 2.04 bits per heavy atom. The van der Waals surface area contributed by atoms with Gasteiger partial charge in [-0.1, -0.05) is 50.2 Å². The van der Waals surface area contributed by atoms with Crippen LogP contribution in [0.3, 0.4) is 0 Å². The Bertz CT molecular complexity index is 749. The maximum Gasteiger partial charge on any atom is 0.251 e. The molecular formula is C23H30N2O3. The second kappa shape index (κ2) is 10.2. The van der Waals surface area contributed by atoms with Crippen molar-refractivity contribution in [2.45, 2.75) is 26.5 Å². The van der Waals surface area contributed by atoms with Crippen LogP contribution in [0.1, 0.15) is 29.8 Å². The molecule has 1 atom stereocenters. The van der Waals surface area contributed by atoms with Crippen molar-refractivity contribution in [2.24, 2.45) is 5.92 Å². The normalized spacial score (nSPS) is 17.5. The molecule has 5 heteroatoms. The zero-order valence-corrected chi connectivity index (χ0v) is 16.8. The number of morpholine rings is 1. The van der Waals surface area contributed by atoms with Gasteiger partial charge < -0.3 is 14.8 Å². The Balaban J connectivity index is 1.48. The second-order valence-corrected chi connectivity index (χ2v) is 7.66. The molecule has 1 amide bonds. The third-order valence-corrected chi connectivity index (χ3v) is 4.64. The summed E-state index contributed by atoms with van der Waals surface area (Å²) in [6.45, 7) is 8.65. The van der Waals surface area contributed by atoms with E-state index in [-0.39, 0.29) is 12.0 Å². The summed E-state index contributed by atoms with van der Waals surface area (Å²) in [6, 6.07) is 17.8. The van der Waals surface area contributed by atoms with Crippen molar-refractivity contribution in [1.29, 1.82) is 0 Å². The summed E-state index contributed by atoms with van der Waals surface area (Å²) in [5.41, 5.74) is 1.91. The van der Waals surface area contributed by atoms with E-state index >= 15 is 0 Å². The Morgan fingerprint density at radius 1 is 1.21 bits per heavy atom. The zero-order chi connectivity index (χ0) is 19.8. The largest absolute Gasteiger partial charge is 0.493 e. The minimum atomic E-state index is -0.0984. The number of rotatable bonds is 8. The quantitative estimate of drug-likeness (QED) is 0.761. The Hall–Kier alpha value is -2.37. The van der Waals surface area contributed by atoms with Gasteiger partial charge in [0.2, 0.25) is 0 Å². The molecule has 5 nitrogen and oxygen atoms in total. The van der Waals surface area contributed by atoms with Gasteiger partial charge in [0.05, 0.1) is 19.3 Å². The lowest BCUT2D eigenvalue weighted by Gasteiger charge is -2.33. The highest BCUT2D eigenvalue weighted by atomic mass is 16.5. The van der Waals surface area contributed by atoms with Gasteiger partial charge in [-0.15, -0.1) is 0 Å². The molecule has 1 aliphatic rings. The minimum Gasteiger partial charge on any atom is -0.493 e. The number of benzene rings is 2. The third kappa shape index (κ3) is 6.36. The highest BCUT2D eigenvalue weighted by molar-refractivity contribution is 5.94. The van der Waals surface area contributed by atoms with Crippen molar-refractivity contribution in [3.05, 3.63) is 65.7 Å². The summed E-state index contributed by atoms with van der Waals surface area (Å²) in [5.74, 6) is 1.07. The number of ether oxygens (including phenoxy) is 2. The van der Waals surface area contributed by atoms with Gasteiger partial charge in [0.15, 0.2) is 0 Å². The first-order valence-corrected chi connectivity index (χ1v) is 9.99. The number of nitrogens with zero attached hydrogens (tertiary/aromatic N) is 1. The Morgan fingerprint density at radius 3 is 2.82 bits per heavy atom. The van der Waals surface area contributed by atoms with E-state index in [2.05, 4.69) is 48.3 Å². The molecule has 0 bridgehead atoms. The van der Waals surface area contributed by atoms with Crippen LogP contribution in [0.25, 0.3) is 0 Å². The summed E-state index contributed by atoms with van der Waals surface area (Å²) in [5, 5.41) is 3.00. The lowest BCUT2D eigenvalue weighted by molar-refractivity contribution is -0.0292. The van der Waals surface area contributed by atoms with E-state index < -0.39 is 0 Å². The fraction of sp³-hybridized carbons (Fsp3) is 0.435. The number of nitrogens with one attached hydrogen (secondary N) is 1.